The van der Waals surface area contributed by atoms with Crippen molar-refractivity contribution in [1.82, 2.24) is 0 Å². The molecule has 4 heteroatoms. The van der Waals surface area contributed by atoms with Gasteiger partial charge in [-0.15, -0.1) is 0 Å². The summed E-state index contributed by atoms with van der Waals surface area (Å²) in [4.78, 5) is 11.4. The van der Waals surface area contributed by atoms with Crippen LogP contribution in [0.1, 0.15) is 47.6 Å². The first kappa shape index (κ1) is 18.3. The number of nitrogens with two attached hydrogens (primary N) is 1. The van der Waals surface area contributed by atoms with Gasteiger partial charge in [-0.1, -0.05) is 30.3 Å². The molecule has 0 aliphatic carbocycles. The molecular formula is C22H27NO3. The molecule has 0 fully saturated rings. The molecule has 138 valence electrons. The molecule has 1 aliphatic heterocycles. The molecule has 4 nitrogen and oxygen atoms in total. The van der Waals surface area contributed by atoms with Crippen molar-refractivity contribution in [3.05, 3.63) is 58.1 Å². The Hall–Kier alpha value is -2.49. The van der Waals surface area contributed by atoms with E-state index >= 15 is 0 Å². The van der Waals surface area contributed by atoms with Crippen molar-refractivity contribution in [1.29, 1.82) is 0 Å². The van der Waals surface area contributed by atoms with Crippen LogP contribution >= 0.6 is 0 Å². The molecule has 1 aliphatic rings. The first-order valence-electron chi connectivity index (χ1n) is 9.07. The molecule has 26 heavy (non-hydrogen) atoms. The van der Waals surface area contributed by atoms with Crippen LogP contribution in [0.15, 0.2) is 30.3 Å². The first-order valence-corrected chi connectivity index (χ1v) is 9.07. The van der Waals surface area contributed by atoms with E-state index in [0.717, 1.165) is 46.6 Å². The average molecular weight is 353 g/mol. The molecule has 0 bridgehead atoms. The third-order valence-corrected chi connectivity index (χ3v) is 5.34. The summed E-state index contributed by atoms with van der Waals surface area (Å²) in [6, 6.07) is 10.2. The third-order valence-electron chi connectivity index (χ3n) is 5.34. The maximum atomic E-state index is 11.4. The van der Waals surface area contributed by atoms with Gasteiger partial charge in [0.15, 0.2) is 0 Å². The van der Waals surface area contributed by atoms with E-state index in [1.807, 2.05) is 25.1 Å². The molecular weight excluding hydrogens is 326 g/mol. The summed E-state index contributed by atoms with van der Waals surface area (Å²) < 4.78 is 12.5. The van der Waals surface area contributed by atoms with E-state index < -0.39 is 5.60 Å². The van der Waals surface area contributed by atoms with Gasteiger partial charge < -0.3 is 15.2 Å². The maximum absolute atomic E-state index is 11.4. The zero-order chi connectivity index (χ0) is 18.9. The first-order chi connectivity index (χ1) is 12.3. The molecule has 2 aromatic carbocycles. The highest BCUT2D eigenvalue weighted by molar-refractivity contribution is 5.75. The van der Waals surface area contributed by atoms with Gasteiger partial charge in [0.1, 0.15) is 23.7 Å². The van der Waals surface area contributed by atoms with Crippen LogP contribution in [0.25, 0.3) is 0 Å². The Bertz CT molecular complexity index is 829. The molecule has 0 saturated heterocycles. The number of ether oxygens (including phenoxy) is 2. The van der Waals surface area contributed by atoms with Gasteiger partial charge in [0.05, 0.1) is 6.42 Å². The summed E-state index contributed by atoms with van der Waals surface area (Å²) in [6.45, 7) is 8.71. The van der Waals surface area contributed by atoms with Gasteiger partial charge in [0, 0.05) is 5.56 Å². The molecule has 0 radical (unpaired) electrons. The second kappa shape index (κ2) is 7.02. The van der Waals surface area contributed by atoms with Crippen molar-refractivity contribution in [2.45, 2.75) is 59.2 Å². The SMILES string of the molecule is Cc1c(C)c2c(c(C)c1OCc1ccccc1)CCC(C)(CC(N)=O)O2. The normalized spacial score (nSPS) is 18.8. The Morgan fingerprint density at radius 1 is 1.15 bits per heavy atom. The summed E-state index contributed by atoms with van der Waals surface area (Å²) in [5.74, 6) is 1.50. The van der Waals surface area contributed by atoms with Crippen molar-refractivity contribution < 1.29 is 14.3 Å². The minimum atomic E-state index is -0.533. The Morgan fingerprint density at radius 3 is 2.50 bits per heavy atom. The summed E-state index contributed by atoms with van der Waals surface area (Å²) in [5, 5.41) is 0. The van der Waals surface area contributed by atoms with E-state index in [2.05, 4.69) is 32.9 Å². The van der Waals surface area contributed by atoms with Crippen molar-refractivity contribution in [3.63, 3.8) is 0 Å². The number of benzene rings is 2. The van der Waals surface area contributed by atoms with Crippen LogP contribution in [0.2, 0.25) is 0 Å². The van der Waals surface area contributed by atoms with Crippen molar-refractivity contribution in [2.24, 2.45) is 5.73 Å². The number of rotatable bonds is 5. The second-order valence-corrected chi connectivity index (χ2v) is 7.48. The van der Waals surface area contributed by atoms with Crippen molar-refractivity contribution in [3.8, 4) is 11.5 Å². The summed E-state index contributed by atoms with van der Waals surface area (Å²) in [7, 11) is 0. The Labute approximate surface area is 155 Å². The van der Waals surface area contributed by atoms with Gasteiger partial charge in [-0.2, -0.15) is 0 Å². The van der Waals surface area contributed by atoms with E-state index in [4.69, 9.17) is 15.2 Å². The number of carbonyl (C=O) groups excluding carboxylic acids is 1. The van der Waals surface area contributed by atoms with E-state index in [0.29, 0.717) is 6.61 Å². The smallest absolute Gasteiger partial charge is 0.221 e. The Kier molecular flexibility index (Phi) is 4.94. The van der Waals surface area contributed by atoms with Crippen LogP contribution in [-0.4, -0.2) is 11.5 Å². The van der Waals surface area contributed by atoms with E-state index in [9.17, 15) is 4.79 Å². The van der Waals surface area contributed by atoms with Crippen LogP contribution in [0.5, 0.6) is 11.5 Å². The Morgan fingerprint density at radius 2 is 1.85 bits per heavy atom. The number of hydrogen-bond acceptors (Lipinski definition) is 3. The lowest BCUT2D eigenvalue weighted by molar-refractivity contribution is -0.122. The standard InChI is InChI=1S/C22H27NO3/c1-14-15(2)21-18(10-11-22(4,26-21)12-19(23)24)16(3)20(14)25-13-17-8-6-5-7-9-17/h5-9H,10-13H2,1-4H3,(H2,23,24). The lowest BCUT2D eigenvalue weighted by Gasteiger charge is -2.37. The van der Waals surface area contributed by atoms with Crippen molar-refractivity contribution in [2.75, 3.05) is 0 Å². The Balaban J connectivity index is 1.91. The number of amides is 1. The topological polar surface area (TPSA) is 61.5 Å². The fourth-order valence-electron chi connectivity index (χ4n) is 3.72. The molecule has 1 heterocycles. The minimum absolute atomic E-state index is 0.232. The average Bonchev–Trinajstić information content (AvgIpc) is 2.59. The van der Waals surface area contributed by atoms with Crippen LogP contribution in [-0.2, 0) is 17.8 Å². The quantitative estimate of drug-likeness (QED) is 0.878. The molecule has 1 amide bonds. The maximum Gasteiger partial charge on any atom is 0.221 e. The molecule has 1 atom stereocenters. The zero-order valence-corrected chi connectivity index (χ0v) is 16.0. The number of carbonyl (C=O) groups is 1. The highest BCUT2D eigenvalue weighted by Crippen LogP contribution is 2.44. The fourth-order valence-corrected chi connectivity index (χ4v) is 3.72. The third kappa shape index (κ3) is 3.55. The molecule has 1 unspecified atom stereocenters. The monoisotopic (exact) mass is 353 g/mol. The lowest BCUT2D eigenvalue weighted by atomic mass is 9.85. The molecule has 0 aromatic heterocycles. The fraction of sp³-hybridized carbons (Fsp3) is 0.409. The molecule has 0 saturated carbocycles. The predicted molar refractivity (Wildman–Crippen MR) is 103 cm³/mol. The van der Waals surface area contributed by atoms with Crippen molar-refractivity contribution >= 4 is 5.91 Å². The van der Waals surface area contributed by atoms with E-state index in [-0.39, 0.29) is 12.3 Å². The zero-order valence-electron chi connectivity index (χ0n) is 16.0. The van der Waals surface area contributed by atoms with E-state index in [1.54, 1.807) is 0 Å². The minimum Gasteiger partial charge on any atom is -0.488 e. The lowest BCUT2D eigenvalue weighted by Crippen LogP contribution is -2.40. The highest BCUT2D eigenvalue weighted by Gasteiger charge is 2.36. The summed E-state index contributed by atoms with van der Waals surface area (Å²) >= 11 is 0. The largest absolute Gasteiger partial charge is 0.488 e. The van der Waals surface area contributed by atoms with Gasteiger partial charge in [-0.05, 0) is 62.8 Å². The van der Waals surface area contributed by atoms with Crippen LogP contribution < -0.4 is 15.2 Å². The van der Waals surface area contributed by atoms with Gasteiger partial charge in [0.2, 0.25) is 5.91 Å². The van der Waals surface area contributed by atoms with Gasteiger partial charge in [0.25, 0.3) is 0 Å². The van der Waals surface area contributed by atoms with Gasteiger partial charge in [-0.3, -0.25) is 4.79 Å². The molecule has 2 N–H and O–H groups in total. The van der Waals surface area contributed by atoms with Gasteiger partial charge in [-0.25, -0.2) is 0 Å². The highest BCUT2D eigenvalue weighted by atomic mass is 16.5. The summed E-state index contributed by atoms with van der Waals surface area (Å²) in [5.41, 5.74) is 10.5. The predicted octanol–water partition coefficient (Wildman–Crippen LogP) is 4.15. The van der Waals surface area contributed by atoms with E-state index in [1.165, 1.54) is 5.56 Å². The molecule has 2 aromatic rings. The number of hydrogen-bond donors (Lipinski definition) is 1. The summed E-state index contributed by atoms with van der Waals surface area (Å²) in [6.07, 6.45) is 1.86. The van der Waals surface area contributed by atoms with Crippen LogP contribution in [0.4, 0.5) is 0 Å². The number of primary amides is 1. The van der Waals surface area contributed by atoms with Crippen LogP contribution in [0, 0.1) is 20.8 Å². The van der Waals surface area contributed by atoms with Crippen LogP contribution in [0.3, 0.4) is 0 Å². The molecule has 3 rings (SSSR count). The number of fused-ring (bicyclic) bond motifs is 1. The second-order valence-electron chi connectivity index (χ2n) is 7.48. The van der Waals surface area contributed by atoms with Gasteiger partial charge >= 0.3 is 0 Å². The molecule has 0 spiro atoms.